The van der Waals surface area contributed by atoms with E-state index in [2.05, 4.69) is 18.7 Å². The van der Waals surface area contributed by atoms with Crippen molar-refractivity contribution in [2.75, 3.05) is 49.0 Å². The van der Waals surface area contributed by atoms with Crippen LogP contribution in [0.1, 0.15) is 36.6 Å². The molecule has 0 saturated carbocycles. The quantitative estimate of drug-likeness (QED) is 0.206. The summed E-state index contributed by atoms with van der Waals surface area (Å²) in [7, 11) is 5.32. The Hall–Kier alpha value is -3.97. The van der Waals surface area contributed by atoms with E-state index in [0.717, 1.165) is 30.0 Å². The predicted molar refractivity (Wildman–Crippen MR) is 158 cm³/mol. The van der Waals surface area contributed by atoms with Crippen LogP contribution in [0.3, 0.4) is 0 Å². The van der Waals surface area contributed by atoms with Gasteiger partial charge in [0, 0.05) is 44.2 Å². The van der Waals surface area contributed by atoms with Gasteiger partial charge in [-0.25, -0.2) is 0 Å². The summed E-state index contributed by atoms with van der Waals surface area (Å²) in [5.41, 5.74) is 4.24. The predicted octanol–water partition coefficient (Wildman–Crippen LogP) is 6.20. The van der Waals surface area contributed by atoms with Crippen molar-refractivity contribution in [1.82, 2.24) is 0 Å². The van der Waals surface area contributed by atoms with Gasteiger partial charge in [0.15, 0.2) is 0 Å². The maximum absolute atomic E-state index is 13.6. The summed E-state index contributed by atoms with van der Waals surface area (Å²) in [6.07, 6.45) is 0. The van der Waals surface area contributed by atoms with Crippen molar-refractivity contribution in [3.05, 3.63) is 87.9 Å². The molecule has 1 N–H and O–H groups in total. The molecule has 1 atom stereocenters. The highest BCUT2D eigenvalue weighted by molar-refractivity contribution is 6.51. The number of aryl methyl sites for hydroxylation is 1. The Morgan fingerprint density at radius 2 is 1.56 bits per heavy atom. The van der Waals surface area contributed by atoms with E-state index in [1.807, 2.05) is 74.4 Å². The number of rotatable bonds is 8. The Morgan fingerprint density at radius 1 is 0.974 bits per heavy atom. The molecule has 0 aliphatic carbocycles. The molecule has 1 aliphatic rings. The monoisotopic (exact) mass is 547 g/mol. The van der Waals surface area contributed by atoms with E-state index in [4.69, 9.17) is 16.3 Å². The normalized spacial score (nSPS) is 16.5. The Kier molecular flexibility index (Phi) is 8.21. The third kappa shape index (κ3) is 5.19. The van der Waals surface area contributed by atoms with Crippen LogP contribution in [-0.2, 0) is 9.59 Å². The molecule has 0 radical (unpaired) electrons. The van der Waals surface area contributed by atoms with E-state index in [0.29, 0.717) is 16.3 Å². The van der Waals surface area contributed by atoms with E-state index in [9.17, 15) is 14.7 Å². The number of ether oxygens (including phenoxy) is 1. The van der Waals surface area contributed by atoms with Gasteiger partial charge in [-0.15, -0.1) is 0 Å². The summed E-state index contributed by atoms with van der Waals surface area (Å²) in [6, 6.07) is 17.7. The number of nitrogens with zero attached hydrogens (tertiary/aromatic N) is 3. The number of anilines is 3. The lowest BCUT2D eigenvalue weighted by Gasteiger charge is -2.27. The number of carbonyl (C=O) groups is 2. The van der Waals surface area contributed by atoms with Crippen LogP contribution in [0.4, 0.5) is 17.1 Å². The number of aliphatic hydroxyl groups excluding tert-OH is 1. The fourth-order valence-corrected chi connectivity index (χ4v) is 5.39. The minimum atomic E-state index is -0.857. The summed E-state index contributed by atoms with van der Waals surface area (Å²) < 4.78 is 5.48. The number of halogens is 1. The van der Waals surface area contributed by atoms with Crippen molar-refractivity contribution in [2.24, 2.45) is 0 Å². The molecular weight excluding hydrogens is 514 g/mol. The van der Waals surface area contributed by atoms with Gasteiger partial charge in [-0.05, 0) is 80.4 Å². The molecule has 4 rings (SSSR count). The van der Waals surface area contributed by atoms with Gasteiger partial charge >= 0.3 is 0 Å². The second kappa shape index (κ2) is 11.4. The molecule has 1 fully saturated rings. The number of aliphatic hydroxyl groups is 1. The molecule has 8 heteroatoms. The van der Waals surface area contributed by atoms with Crippen molar-refractivity contribution >= 4 is 46.1 Å². The lowest BCUT2D eigenvalue weighted by Crippen LogP contribution is -2.29. The molecule has 1 unspecified atom stereocenters. The molecule has 1 amide bonds. The summed E-state index contributed by atoms with van der Waals surface area (Å²) in [6.45, 7) is 7.69. The van der Waals surface area contributed by atoms with Crippen molar-refractivity contribution in [3.8, 4) is 5.75 Å². The summed E-state index contributed by atoms with van der Waals surface area (Å²) in [5.74, 6) is -1.59. The molecular formula is C31H34ClN3O4. The summed E-state index contributed by atoms with van der Waals surface area (Å²) in [4.78, 5) is 32.8. The highest BCUT2D eigenvalue weighted by Crippen LogP contribution is 2.45. The van der Waals surface area contributed by atoms with Gasteiger partial charge in [-0.2, -0.15) is 0 Å². The van der Waals surface area contributed by atoms with Gasteiger partial charge in [0.1, 0.15) is 11.5 Å². The molecule has 1 heterocycles. The largest absolute Gasteiger partial charge is 0.507 e. The average molecular weight is 548 g/mol. The molecule has 3 aromatic carbocycles. The van der Waals surface area contributed by atoms with Gasteiger partial charge in [0.05, 0.1) is 29.3 Å². The Balaban J connectivity index is 1.93. The number of Topliss-reactive ketones (excluding diaryl/α,β-unsaturated/α-hetero) is 1. The fourth-order valence-electron chi connectivity index (χ4n) is 5.04. The maximum atomic E-state index is 13.6. The minimum Gasteiger partial charge on any atom is -0.507 e. The number of amides is 1. The highest BCUT2D eigenvalue weighted by Gasteiger charge is 2.47. The molecule has 0 aromatic heterocycles. The number of carbonyl (C=O) groups excluding carboxylic acids is 2. The van der Waals surface area contributed by atoms with Crippen molar-refractivity contribution < 1.29 is 19.4 Å². The number of hydrogen-bond donors (Lipinski definition) is 1. The van der Waals surface area contributed by atoms with E-state index in [-0.39, 0.29) is 22.6 Å². The van der Waals surface area contributed by atoms with E-state index in [1.165, 1.54) is 12.0 Å². The number of ketones is 1. The highest BCUT2D eigenvalue weighted by atomic mass is 35.5. The first-order chi connectivity index (χ1) is 18.6. The van der Waals surface area contributed by atoms with Crippen molar-refractivity contribution in [2.45, 2.75) is 26.8 Å². The van der Waals surface area contributed by atoms with E-state index < -0.39 is 17.7 Å². The van der Waals surface area contributed by atoms with Crippen molar-refractivity contribution in [3.63, 3.8) is 0 Å². The van der Waals surface area contributed by atoms with E-state index >= 15 is 0 Å². The first kappa shape index (κ1) is 28.0. The fraction of sp³-hybridized carbons (Fsp3) is 0.290. The van der Waals surface area contributed by atoms with Crippen LogP contribution in [-0.4, -0.2) is 51.1 Å². The van der Waals surface area contributed by atoms with Crippen LogP contribution < -0.4 is 19.4 Å². The first-order valence-electron chi connectivity index (χ1n) is 12.9. The average Bonchev–Trinajstić information content (AvgIpc) is 3.19. The molecule has 204 valence electrons. The Morgan fingerprint density at radius 3 is 2.10 bits per heavy atom. The van der Waals surface area contributed by atoms with Gasteiger partial charge < -0.3 is 19.6 Å². The van der Waals surface area contributed by atoms with Crippen LogP contribution in [0.15, 0.2) is 66.2 Å². The molecule has 3 aromatic rings. The van der Waals surface area contributed by atoms with Gasteiger partial charge in [0.25, 0.3) is 11.7 Å². The smallest absolute Gasteiger partial charge is 0.300 e. The number of hydrogen-bond acceptors (Lipinski definition) is 6. The van der Waals surface area contributed by atoms with Crippen molar-refractivity contribution in [1.29, 1.82) is 0 Å². The Bertz CT molecular complexity index is 1410. The molecule has 7 nitrogen and oxygen atoms in total. The van der Waals surface area contributed by atoms with Gasteiger partial charge in [0.2, 0.25) is 0 Å². The van der Waals surface area contributed by atoms with Crippen LogP contribution >= 0.6 is 11.6 Å². The number of methoxy groups -OCH3 is 1. The van der Waals surface area contributed by atoms with Crippen LogP contribution in [0.5, 0.6) is 5.75 Å². The molecule has 39 heavy (non-hydrogen) atoms. The number of benzene rings is 3. The second-order valence-corrected chi connectivity index (χ2v) is 10.1. The SMILES string of the molecule is CCN(CC)c1ccc(N2C(=O)C(=O)/C(=C(/O)c3cc(C)cc(Cl)c3OC)C2c2ccc(N(C)C)cc2)cc1. The standard InChI is InChI=1S/C31H34ClN3O4/c1-7-34(8-2)22-13-15-23(16-14-22)35-27(20-9-11-21(12-10-20)33(4)5)26(29(37)31(35)38)28(36)24-17-19(3)18-25(32)30(24)39-6/h9-18,27,36H,7-8H2,1-6H3/b28-26+. The lowest BCUT2D eigenvalue weighted by molar-refractivity contribution is -0.132. The van der Waals surface area contributed by atoms with Gasteiger partial charge in [-0.1, -0.05) is 23.7 Å². The first-order valence-corrected chi connectivity index (χ1v) is 13.3. The summed E-state index contributed by atoms with van der Waals surface area (Å²) >= 11 is 6.41. The van der Waals surface area contributed by atoms with Gasteiger partial charge in [-0.3, -0.25) is 14.5 Å². The minimum absolute atomic E-state index is 0.0228. The Labute approximate surface area is 234 Å². The van der Waals surface area contributed by atoms with Crippen LogP contribution in [0.2, 0.25) is 5.02 Å². The maximum Gasteiger partial charge on any atom is 0.300 e. The zero-order valence-electron chi connectivity index (χ0n) is 23.2. The van der Waals surface area contributed by atoms with Crippen LogP contribution in [0, 0.1) is 6.92 Å². The topological polar surface area (TPSA) is 73.3 Å². The second-order valence-electron chi connectivity index (χ2n) is 9.67. The zero-order chi connectivity index (χ0) is 28.4. The van der Waals surface area contributed by atoms with E-state index in [1.54, 1.807) is 12.1 Å². The molecule has 0 spiro atoms. The summed E-state index contributed by atoms with van der Waals surface area (Å²) in [5, 5.41) is 11.9. The molecule has 1 saturated heterocycles. The molecule has 1 aliphatic heterocycles. The zero-order valence-corrected chi connectivity index (χ0v) is 23.9. The third-order valence-electron chi connectivity index (χ3n) is 7.07. The lowest BCUT2D eigenvalue weighted by atomic mass is 9.94. The van der Waals surface area contributed by atoms with Crippen LogP contribution in [0.25, 0.3) is 5.76 Å². The molecule has 0 bridgehead atoms. The third-order valence-corrected chi connectivity index (χ3v) is 7.35.